The second kappa shape index (κ2) is 9.10. The molecule has 0 aliphatic rings. The van der Waals surface area contributed by atoms with Gasteiger partial charge in [0.25, 0.3) is 5.56 Å². The third-order valence-corrected chi connectivity index (χ3v) is 5.30. The first kappa shape index (κ1) is 21.4. The highest BCUT2D eigenvalue weighted by atomic mass is 16.5. The molecule has 0 spiro atoms. The molecule has 0 aliphatic heterocycles. The average Bonchev–Trinajstić information content (AvgIpc) is 2.80. The Morgan fingerprint density at radius 1 is 0.938 bits per heavy atom. The fourth-order valence-corrected chi connectivity index (χ4v) is 3.92. The minimum Gasteiger partial charge on any atom is -0.489 e. The number of ether oxygens (including phenoxy) is 1. The summed E-state index contributed by atoms with van der Waals surface area (Å²) in [6.07, 6.45) is 0. The number of benzene rings is 3. The summed E-state index contributed by atoms with van der Waals surface area (Å²) < 4.78 is 7.36. The van der Waals surface area contributed by atoms with Crippen molar-refractivity contribution in [3.63, 3.8) is 0 Å². The maximum absolute atomic E-state index is 13.3. The van der Waals surface area contributed by atoms with Crippen LogP contribution in [0, 0.1) is 5.92 Å². The lowest BCUT2D eigenvalue weighted by Gasteiger charge is -2.19. The zero-order valence-corrected chi connectivity index (χ0v) is 18.1. The molecule has 0 bridgehead atoms. The van der Waals surface area contributed by atoms with Crippen LogP contribution in [0.2, 0.25) is 0 Å². The van der Waals surface area contributed by atoms with E-state index in [2.05, 4.69) is 0 Å². The minimum absolute atomic E-state index is 0.00242. The van der Waals surface area contributed by atoms with Crippen LogP contribution in [0.4, 0.5) is 0 Å². The van der Waals surface area contributed by atoms with E-state index in [1.165, 1.54) is 4.57 Å². The molecule has 5 heteroatoms. The number of aromatic nitrogens is 1. The summed E-state index contributed by atoms with van der Waals surface area (Å²) in [6, 6.07) is 24.4. The summed E-state index contributed by atoms with van der Waals surface area (Å²) in [5.41, 5.74) is 1.99. The maximum atomic E-state index is 13.3. The Balaban J connectivity index is 1.94. The van der Waals surface area contributed by atoms with Gasteiger partial charge in [0, 0.05) is 22.9 Å². The predicted octanol–water partition coefficient (Wildman–Crippen LogP) is 5.60. The topological polar surface area (TPSA) is 68.5 Å². The van der Waals surface area contributed by atoms with E-state index >= 15 is 0 Å². The number of nitrogens with zero attached hydrogens (tertiary/aromatic N) is 1. The smallest absolute Gasteiger partial charge is 0.353 e. The van der Waals surface area contributed by atoms with Gasteiger partial charge in [0.1, 0.15) is 18.1 Å². The van der Waals surface area contributed by atoms with Gasteiger partial charge in [0.2, 0.25) is 0 Å². The molecule has 0 fully saturated rings. The van der Waals surface area contributed by atoms with Crippen LogP contribution in [-0.2, 0) is 13.2 Å². The number of hydrogen-bond donors (Lipinski definition) is 1. The molecule has 0 aliphatic carbocycles. The van der Waals surface area contributed by atoms with Gasteiger partial charge in [0.15, 0.2) is 0 Å². The van der Waals surface area contributed by atoms with Gasteiger partial charge in [-0.1, -0.05) is 74.5 Å². The van der Waals surface area contributed by atoms with E-state index in [1.807, 2.05) is 74.5 Å². The quantitative estimate of drug-likeness (QED) is 0.417. The molecule has 162 valence electrons. The van der Waals surface area contributed by atoms with Crippen LogP contribution < -0.4 is 10.3 Å². The third-order valence-electron chi connectivity index (χ3n) is 5.30. The van der Waals surface area contributed by atoms with Crippen LogP contribution in [0.1, 0.15) is 29.9 Å². The van der Waals surface area contributed by atoms with E-state index in [-0.39, 0.29) is 17.2 Å². The molecule has 5 nitrogen and oxygen atoms in total. The summed E-state index contributed by atoms with van der Waals surface area (Å²) in [5.74, 6) is -0.435. The molecule has 1 heterocycles. The van der Waals surface area contributed by atoms with Gasteiger partial charge in [0.05, 0.1) is 0 Å². The number of carbonyl (C=O) groups is 1. The van der Waals surface area contributed by atoms with Crippen LogP contribution in [0.5, 0.6) is 5.75 Å². The van der Waals surface area contributed by atoms with Crippen molar-refractivity contribution in [3.05, 3.63) is 100 Å². The van der Waals surface area contributed by atoms with Crippen molar-refractivity contribution in [2.24, 2.45) is 5.92 Å². The highest BCUT2D eigenvalue weighted by Crippen LogP contribution is 2.33. The second-order valence-electron chi connectivity index (χ2n) is 8.19. The van der Waals surface area contributed by atoms with Gasteiger partial charge in [-0.05, 0) is 35.2 Å². The minimum atomic E-state index is -1.13. The lowest BCUT2D eigenvalue weighted by atomic mass is 9.96. The van der Waals surface area contributed by atoms with Crippen molar-refractivity contribution in [2.45, 2.75) is 27.0 Å². The zero-order valence-electron chi connectivity index (χ0n) is 18.1. The number of carboxylic acids is 1. The molecule has 1 aromatic heterocycles. The van der Waals surface area contributed by atoms with Crippen molar-refractivity contribution in [2.75, 3.05) is 0 Å². The van der Waals surface area contributed by atoms with Crippen molar-refractivity contribution in [1.29, 1.82) is 0 Å². The first-order chi connectivity index (χ1) is 15.5. The maximum Gasteiger partial charge on any atom is 0.353 e. The molecular weight excluding hydrogens is 402 g/mol. The summed E-state index contributed by atoms with van der Waals surface area (Å²) in [7, 11) is 0. The summed E-state index contributed by atoms with van der Waals surface area (Å²) in [5, 5.41) is 11.2. The Kier molecular flexibility index (Phi) is 6.08. The molecular formula is C27H25NO4. The van der Waals surface area contributed by atoms with Crippen LogP contribution in [0.15, 0.2) is 83.7 Å². The van der Waals surface area contributed by atoms with Crippen LogP contribution in [0.25, 0.3) is 21.9 Å². The first-order valence-corrected chi connectivity index (χ1v) is 10.6. The predicted molar refractivity (Wildman–Crippen MR) is 126 cm³/mol. The molecule has 0 atom stereocenters. The van der Waals surface area contributed by atoms with Crippen molar-refractivity contribution in [1.82, 2.24) is 4.57 Å². The first-order valence-electron chi connectivity index (χ1n) is 10.6. The normalized spacial score (nSPS) is 11.1. The average molecular weight is 428 g/mol. The van der Waals surface area contributed by atoms with Gasteiger partial charge in [-0.2, -0.15) is 0 Å². The Morgan fingerprint density at radius 3 is 2.22 bits per heavy atom. The lowest BCUT2D eigenvalue weighted by Crippen LogP contribution is -2.29. The van der Waals surface area contributed by atoms with Gasteiger partial charge in [-0.3, -0.25) is 4.79 Å². The highest BCUT2D eigenvalue weighted by Gasteiger charge is 2.23. The monoisotopic (exact) mass is 427 g/mol. The van der Waals surface area contributed by atoms with Crippen molar-refractivity contribution >= 4 is 16.7 Å². The Morgan fingerprint density at radius 2 is 1.59 bits per heavy atom. The van der Waals surface area contributed by atoms with Gasteiger partial charge in [-0.15, -0.1) is 0 Å². The second-order valence-corrected chi connectivity index (χ2v) is 8.19. The van der Waals surface area contributed by atoms with E-state index < -0.39 is 5.97 Å². The van der Waals surface area contributed by atoms with Crippen molar-refractivity contribution in [3.8, 4) is 16.9 Å². The van der Waals surface area contributed by atoms with E-state index in [9.17, 15) is 14.7 Å². The number of aromatic carboxylic acids is 1. The number of hydrogen-bond acceptors (Lipinski definition) is 3. The summed E-state index contributed by atoms with van der Waals surface area (Å²) in [4.78, 5) is 25.7. The van der Waals surface area contributed by atoms with E-state index in [1.54, 1.807) is 18.2 Å². The molecule has 0 unspecified atom stereocenters. The standard InChI is InChI=1S/C27H25NO4/c1-18(2)16-28-25(27(30)31)24(20-11-7-4-8-12-20)23-15-21(13-14-22(23)26(28)29)32-17-19-9-5-3-6-10-19/h3-15,18H,16-17H2,1-2H3,(H,30,31). The Labute approximate surface area is 186 Å². The van der Waals surface area contributed by atoms with Crippen LogP contribution in [-0.4, -0.2) is 15.6 Å². The number of rotatable bonds is 7. The zero-order chi connectivity index (χ0) is 22.7. The lowest BCUT2D eigenvalue weighted by molar-refractivity contribution is 0.0683. The molecule has 32 heavy (non-hydrogen) atoms. The van der Waals surface area contributed by atoms with Crippen LogP contribution >= 0.6 is 0 Å². The molecule has 0 saturated heterocycles. The fraction of sp³-hybridized carbons (Fsp3) is 0.185. The highest BCUT2D eigenvalue weighted by molar-refractivity contribution is 6.06. The molecule has 4 rings (SSSR count). The molecule has 1 N–H and O–H groups in total. The molecule has 0 radical (unpaired) electrons. The molecule has 3 aromatic carbocycles. The molecule has 4 aromatic rings. The van der Waals surface area contributed by atoms with Gasteiger partial charge in [-0.25, -0.2) is 4.79 Å². The number of carboxylic acid groups (broad SMARTS) is 1. The number of fused-ring (bicyclic) bond motifs is 1. The van der Waals surface area contributed by atoms with E-state index in [0.29, 0.717) is 35.2 Å². The van der Waals surface area contributed by atoms with Gasteiger partial charge < -0.3 is 14.4 Å². The van der Waals surface area contributed by atoms with E-state index in [4.69, 9.17) is 4.74 Å². The van der Waals surface area contributed by atoms with Crippen LogP contribution in [0.3, 0.4) is 0 Å². The largest absolute Gasteiger partial charge is 0.489 e. The SMILES string of the molecule is CC(C)Cn1c(C(=O)O)c(-c2ccccc2)c2cc(OCc3ccccc3)ccc2c1=O. The summed E-state index contributed by atoms with van der Waals surface area (Å²) >= 11 is 0. The Bertz CT molecular complexity index is 1310. The number of pyridine rings is 1. The third kappa shape index (κ3) is 4.28. The van der Waals surface area contributed by atoms with Crippen molar-refractivity contribution < 1.29 is 14.6 Å². The van der Waals surface area contributed by atoms with Gasteiger partial charge >= 0.3 is 5.97 Å². The molecule has 0 amide bonds. The van der Waals surface area contributed by atoms with E-state index in [0.717, 1.165) is 11.1 Å². The fourth-order valence-electron chi connectivity index (χ4n) is 3.92. The molecule has 0 saturated carbocycles. The Hall–Kier alpha value is -3.86. The summed E-state index contributed by atoms with van der Waals surface area (Å²) in [6.45, 7) is 4.63.